The summed E-state index contributed by atoms with van der Waals surface area (Å²) < 4.78 is 25.2. The van der Waals surface area contributed by atoms with Crippen LogP contribution in [0.1, 0.15) is 50.2 Å². The van der Waals surface area contributed by atoms with Crippen LogP contribution in [0.15, 0.2) is 24.3 Å². The number of aromatic nitrogens is 3. The highest BCUT2D eigenvalue weighted by molar-refractivity contribution is 7.91. The molecular weight excluding hydrogens is 334 g/mol. The Balaban J connectivity index is 2.00. The molecule has 3 rings (SSSR count). The quantitative estimate of drug-likeness (QED) is 0.848. The molecule has 1 aliphatic rings. The highest BCUT2D eigenvalue weighted by Gasteiger charge is 2.29. The molecule has 23 heavy (non-hydrogen) atoms. The summed E-state index contributed by atoms with van der Waals surface area (Å²) in [6.07, 6.45) is 1.21. The lowest BCUT2D eigenvalue weighted by molar-refractivity contribution is 0.529. The Morgan fingerprint density at radius 3 is 2.35 bits per heavy atom. The largest absolute Gasteiger partial charge is 0.229 e. The van der Waals surface area contributed by atoms with Crippen molar-refractivity contribution in [2.75, 3.05) is 11.5 Å². The van der Waals surface area contributed by atoms with E-state index in [4.69, 9.17) is 16.6 Å². The van der Waals surface area contributed by atoms with Crippen molar-refractivity contribution in [1.29, 1.82) is 0 Å². The molecule has 0 radical (unpaired) electrons. The van der Waals surface area contributed by atoms with Crippen LogP contribution >= 0.6 is 11.6 Å². The van der Waals surface area contributed by atoms with E-state index in [1.54, 1.807) is 0 Å². The minimum Gasteiger partial charge on any atom is -0.229 e. The van der Waals surface area contributed by atoms with Gasteiger partial charge in [0.1, 0.15) is 15.7 Å². The lowest BCUT2D eigenvalue weighted by atomic mass is 10.0. The van der Waals surface area contributed by atoms with E-state index in [0.717, 1.165) is 17.3 Å². The molecule has 1 saturated heterocycles. The second-order valence-electron chi connectivity index (χ2n) is 6.30. The maximum atomic E-state index is 11.7. The van der Waals surface area contributed by atoms with Crippen LogP contribution in [0.5, 0.6) is 0 Å². The zero-order valence-electron chi connectivity index (χ0n) is 13.2. The molecule has 0 unspecified atom stereocenters. The molecule has 0 spiro atoms. The smallest absolute Gasteiger partial charge is 0.153 e. The molecule has 2 heterocycles. The molecule has 0 atom stereocenters. The summed E-state index contributed by atoms with van der Waals surface area (Å²) in [6, 6.07) is 7.46. The Labute approximate surface area is 141 Å². The van der Waals surface area contributed by atoms with Crippen LogP contribution in [-0.4, -0.2) is 34.7 Å². The van der Waals surface area contributed by atoms with E-state index in [1.165, 1.54) is 0 Å². The van der Waals surface area contributed by atoms with Gasteiger partial charge in [-0.1, -0.05) is 25.4 Å². The van der Waals surface area contributed by atoms with Crippen LogP contribution in [0.2, 0.25) is 5.02 Å². The number of benzene rings is 1. The third kappa shape index (κ3) is 3.58. The third-order valence-electron chi connectivity index (χ3n) is 4.16. The fraction of sp³-hybridized carbons (Fsp3) is 0.500. The Morgan fingerprint density at radius 1 is 1.17 bits per heavy atom. The average Bonchev–Trinajstić information content (AvgIpc) is 2.93. The van der Waals surface area contributed by atoms with Gasteiger partial charge in [-0.15, -0.1) is 0 Å². The molecule has 1 aromatic carbocycles. The van der Waals surface area contributed by atoms with Crippen LogP contribution in [0.25, 0.3) is 5.69 Å². The van der Waals surface area contributed by atoms with Crippen LogP contribution in [-0.2, 0) is 9.84 Å². The van der Waals surface area contributed by atoms with Gasteiger partial charge in [0.15, 0.2) is 5.82 Å². The molecule has 0 bridgehead atoms. The predicted molar refractivity (Wildman–Crippen MR) is 91.1 cm³/mol. The first-order valence-corrected chi connectivity index (χ1v) is 9.99. The first kappa shape index (κ1) is 16.5. The van der Waals surface area contributed by atoms with Crippen molar-refractivity contribution in [3.05, 3.63) is 40.9 Å². The second kappa shape index (κ2) is 6.24. The Hall–Kier alpha value is -1.40. The number of sulfone groups is 1. The summed E-state index contributed by atoms with van der Waals surface area (Å²) in [7, 11) is -2.89. The van der Waals surface area contributed by atoms with Crippen LogP contribution in [0, 0.1) is 0 Å². The predicted octanol–water partition coefficient (Wildman–Crippen LogP) is 3.34. The van der Waals surface area contributed by atoms with E-state index >= 15 is 0 Å². The van der Waals surface area contributed by atoms with Crippen molar-refractivity contribution >= 4 is 21.4 Å². The van der Waals surface area contributed by atoms with Crippen molar-refractivity contribution in [3.63, 3.8) is 0 Å². The highest BCUT2D eigenvalue weighted by atomic mass is 35.5. The topological polar surface area (TPSA) is 64.8 Å². The maximum absolute atomic E-state index is 11.7. The van der Waals surface area contributed by atoms with Gasteiger partial charge in [0.2, 0.25) is 0 Å². The zero-order valence-corrected chi connectivity index (χ0v) is 14.8. The highest BCUT2D eigenvalue weighted by Crippen LogP contribution is 2.30. The van der Waals surface area contributed by atoms with Gasteiger partial charge in [-0.25, -0.2) is 18.1 Å². The van der Waals surface area contributed by atoms with E-state index in [2.05, 4.69) is 18.9 Å². The molecule has 0 saturated carbocycles. The van der Waals surface area contributed by atoms with E-state index in [9.17, 15) is 8.42 Å². The Kier molecular flexibility index (Phi) is 4.47. The zero-order chi connectivity index (χ0) is 16.6. The lowest BCUT2D eigenvalue weighted by Gasteiger charge is -2.21. The first-order chi connectivity index (χ1) is 10.9. The molecule has 7 heteroatoms. The summed E-state index contributed by atoms with van der Waals surface area (Å²) in [5.74, 6) is 2.42. The monoisotopic (exact) mass is 353 g/mol. The summed E-state index contributed by atoms with van der Waals surface area (Å²) >= 11 is 5.96. The van der Waals surface area contributed by atoms with Gasteiger partial charge >= 0.3 is 0 Å². The molecule has 0 amide bonds. The maximum Gasteiger partial charge on any atom is 0.153 e. The van der Waals surface area contributed by atoms with Crippen molar-refractivity contribution in [2.45, 2.75) is 38.5 Å². The minimum absolute atomic E-state index is 0.120. The molecule has 0 aliphatic carbocycles. The standard InChI is InChI=1S/C16H20ClN3O2S/c1-11(2)15-18-16(12-7-9-23(21,22)10-8-12)20(19-15)14-5-3-13(17)4-6-14/h3-6,11-12H,7-10H2,1-2H3. The minimum atomic E-state index is -2.89. The van der Waals surface area contributed by atoms with Gasteiger partial charge in [-0.3, -0.25) is 0 Å². The number of hydrogen-bond donors (Lipinski definition) is 0. The van der Waals surface area contributed by atoms with Gasteiger partial charge in [0.05, 0.1) is 17.2 Å². The third-order valence-corrected chi connectivity index (χ3v) is 6.12. The lowest BCUT2D eigenvalue weighted by Crippen LogP contribution is -2.24. The van der Waals surface area contributed by atoms with Crippen molar-refractivity contribution in [1.82, 2.24) is 14.8 Å². The molecule has 124 valence electrons. The van der Waals surface area contributed by atoms with Crippen molar-refractivity contribution in [2.24, 2.45) is 0 Å². The SMILES string of the molecule is CC(C)c1nc(C2CCS(=O)(=O)CC2)n(-c2ccc(Cl)cc2)n1. The molecule has 1 fully saturated rings. The number of hydrogen-bond acceptors (Lipinski definition) is 4. The van der Waals surface area contributed by atoms with Crippen LogP contribution < -0.4 is 0 Å². The van der Waals surface area contributed by atoms with E-state index in [-0.39, 0.29) is 23.3 Å². The summed E-state index contributed by atoms with van der Waals surface area (Å²) in [6.45, 7) is 4.10. The summed E-state index contributed by atoms with van der Waals surface area (Å²) in [5.41, 5.74) is 0.900. The fourth-order valence-electron chi connectivity index (χ4n) is 2.77. The number of nitrogens with zero attached hydrogens (tertiary/aromatic N) is 3. The number of rotatable bonds is 3. The fourth-order valence-corrected chi connectivity index (χ4v) is 4.39. The Morgan fingerprint density at radius 2 is 1.78 bits per heavy atom. The molecule has 0 N–H and O–H groups in total. The second-order valence-corrected chi connectivity index (χ2v) is 9.04. The number of halogens is 1. The van der Waals surface area contributed by atoms with Gasteiger partial charge in [-0.05, 0) is 37.1 Å². The normalized spacial score (nSPS) is 18.4. The average molecular weight is 354 g/mol. The Bertz CT molecular complexity index is 783. The van der Waals surface area contributed by atoms with Gasteiger partial charge in [0.25, 0.3) is 0 Å². The summed E-state index contributed by atoms with van der Waals surface area (Å²) in [4.78, 5) is 4.70. The van der Waals surface area contributed by atoms with E-state index in [1.807, 2.05) is 28.9 Å². The van der Waals surface area contributed by atoms with E-state index < -0.39 is 9.84 Å². The molecule has 1 aromatic heterocycles. The van der Waals surface area contributed by atoms with Crippen molar-refractivity contribution < 1.29 is 8.42 Å². The first-order valence-electron chi connectivity index (χ1n) is 7.79. The molecule has 1 aliphatic heterocycles. The molecular formula is C16H20ClN3O2S. The van der Waals surface area contributed by atoms with E-state index in [0.29, 0.717) is 17.9 Å². The van der Waals surface area contributed by atoms with Crippen LogP contribution in [0.4, 0.5) is 0 Å². The van der Waals surface area contributed by atoms with Gasteiger partial charge in [-0.2, -0.15) is 5.10 Å². The van der Waals surface area contributed by atoms with Gasteiger partial charge in [0, 0.05) is 16.9 Å². The van der Waals surface area contributed by atoms with Crippen molar-refractivity contribution in [3.8, 4) is 5.69 Å². The summed E-state index contributed by atoms with van der Waals surface area (Å²) in [5, 5.41) is 5.30. The molecule has 5 nitrogen and oxygen atoms in total. The van der Waals surface area contributed by atoms with Gasteiger partial charge < -0.3 is 0 Å². The van der Waals surface area contributed by atoms with Crippen LogP contribution in [0.3, 0.4) is 0 Å². The molecule has 2 aromatic rings.